The number of hydrogen-bond donors (Lipinski definition) is 0. The number of aromatic nitrogens is 4. The zero-order chi connectivity index (χ0) is 12.4. The highest BCUT2D eigenvalue weighted by atomic mass is 79.9. The molecule has 90 valence electrons. The van der Waals surface area contributed by atoms with Gasteiger partial charge in [-0.1, -0.05) is 34.9 Å². The fourth-order valence-corrected chi connectivity index (χ4v) is 1.85. The van der Waals surface area contributed by atoms with E-state index in [1.54, 1.807) is 7.05 Å². The van der Waals surface area contributed by atoms with E-state index < -0.39 is 0 Å². The molecule has 0 unspecified atom stereocenters. The number of tetrazole rings is 1. The van der Waals surface area contributed by atoms with Gasteiger partial charge in [0.2, 0.25) is 0 Å². The Kier molecular flexibility index (Phi) is 3.42. The van der Waals surface area contributed by atoms with Gasteiger partial charge in [0.15, 0.2) is 0 Å². The van der Waals surface area contributed by atoms with Crippen LogP contribution in [0.5, 0.6) is 11.8 Å². The molecule has 0 aliphatic carbocycles. The Morgan fingerprint density at radius 1 is 1.35 bits per heavy atom. The summed E-state index contributed by atoms with van der Waals surface area (Å²) < 4.78 is 8.23. The molecule has 0 amide bonds. The van der Waals surface area contributed by atoms with Crippen LogP contribution in [0, 0.1) is 0 Å². The summed E-state index contributed by atoms with van der Waals surface area (Å²) in [4.78, 5) is 0. The fourth-order valence-electron chi connectivity index (χ4n) is 1.47. The molecular formula is C11H13BrN4O. The maximum absolute atomic E-state index is 5.70. The molecule has 0 atom stereocenters. The first-order chi connectivity index (χ1) is 8.08. The van der Waals surface area contributed by atoms with Gasteiger partial charge >= 0.3 is 6.01 Å². The average molecular weight is 297 g/mol. The van der Waals surface area contributed by atoms with Crippen molar-refractivity contribution in [3.05, 3.63) is 28.2 Å². The number of ether oxygens (including phenoxy) is 1. The van der Waals surface area contributed by atoms with Crippen molar-refractivity contribution >= 4 is 15.9 Å². The lowest BCUT2D eigenvalue weighted by atomic mass is 10.0. The largest absolute Gasteiger partial charge is 0.423 e. The lowest BCUT2D eigenvalue weighted by Gasteiger charge is -2.12. The van der Waals surface area contributed by atoms with Crippen LogP contribution in [0.15, 0.2) is 22.7 Å². The Morgan fingerprint density at radius 3 is 2.71 bits per heavy atom. The van der Waals surface area contributed by atoms with Crippen LogP contribution in [0.25, 0.3) is 0 Å². The van der Waals surface area contributed by atoms with E-state index in [1.165, 1.54) is 4.68 Å². The van der Waals surface area contributed by atoms with Crippen LogP contribution in [-0.2, 0) is 7.05 Å². The van der Waals surface area contributed by atoms with Gasteiger partial charge in [-0.3, -0.25) is 0 Å². The number of nitrogens with zero attached hydrogens (tertiary/aromatic N) is 4. The first kappa shape index (κ1) is 12.0. The maximum Gasteiger partial charge on any atom is 0.340 e. The molecule has 6 heteroatoms. The van der Waals surface area contributed by atoms with Gasteiger partial charge in [-0.25, -0.2) is 0 Å². The minimum atomic E-state index is 0.365. The minimum absolute atomic E-state index is 0.365. The molecule has 0 saturated heterocycles. The lowest BCUT2D eigenvalue weighted by molar-refractivity contribution is 0.408. The molecule has 2 rings (SSSR count). The molecule has 0 N–H and O–H groups in total. The molecule has 0 saturated carbocycles. The van der Waals surface area contributed by atoms with E-state index in [0.29, 0.717) is 11.9 Å². The van der Waals surface area contributed by atoms with Gasteiger partial charge in [-0.05, 0) is 40.1 Å². The van der Waals surface area contributed by atoms with Gasteiger partial charge in [-0.15, -0.1) is 0 Å². The van der Waals surface area contributed by atoms with Crippen LogP contribution < -0.4 is 4.74 Å². The number of halogens is 1. The third-order valence-electron chi connectivity index (χ3n) is 2.38. The molecule has 17 heavy (non-hydrogen) atoms. The van der Waals surface area contributed by atoms with Crippen LogP contribution in [0.1, 0.15) is 25.3 Å². The van der Waals surface area contributed by atoms with E-state index in [9.17, 15) is 0 Å². The smallest absolute Gasteiger partial charge is 0.340 e. The predicted molar refractivity (Wildman–Crippen MR) is 67.1 cm³/mol. The molecule has 0 aliphatic heterocycles. The molecule has 1 aromatic carbocycles. The zero-order valence-corrected chi connectivity index (χ0v) is 11.5. The molecule has 0 fully saturated rings. The topological polar surface area (TPSA) is 52.8 Å². The van der Waals surface area contributed by atoms with Crippen LogP contribution >= 0.6 is 15.9 Å². The normalized spacial score (nSPS) is 10.9. The van der Waals surface area contributed by atoms with Crippen molar-refractivity contribution in [1.82, 2.24) is 20.2 Å². The lowest BCUT2D eigenvalue weighted by Crippen LogP contribution is -1.99. The highest BCUT2D eigenvalue weighted by molar-refractivity contribution is 9.10. The second-order valence-electron chi connectivity index (χ2n) is 4.02. The summed E-state index contributed by atoms with van der Waals surface area (Å²) in [7, 11) is 1.74. The van der Waals surface area contributed by atoms with E-state index in [4.69, 9.17) is 4.74 Å². The molecule has 0 radical (unpaired) electrons. The Hall–Kier alpha value is -1.43. The SMILES string of the molecule is CC(C)c1cc(Br)ccc1Oc1nnnn1C. The van der Waals surface area contributed by atoms with Gasteiger partial charge < -0.3 is 4.74 Å². The summed E-state index contributed by atoms with van der Waals surface area (Å²) in [5, 5.41) is 11.1. The van der Waals surface area contributed by atoms with Crippen LogP contribution in [0.3, 0.4) is 0 Å². The standard InChI is InChI=1S/C11H13BrN4O/c1-7(2)9-6-8(12)4-5-10(9)17-11-13-14-15-16(11)3/h4-7H,1-3H3. The van der Waals surface area contributed by atoms with Crippen LogP contribution in [0.2, 0.25) is 0 Å². The van der Waals surface area contributed by atoms with Crippen molar-refractivity contribution < 1.29 is 4.74 Å². The number of benzene rings is 1. The molecule has 1 aromatic heterocycles. The van der Waals surface area contributed by atoms with Crippen molar-refractivity contribution in [1.29, 1.82) is 0 Å². The highest BCUT2D eigenvalue weighted by Gasteiger charge is 2.12. The molecular weight excluding hydrogens is 284 g/mol. The first-order valence-electron chi connectivity index (χ1n) is 5.27. The molecule has 1 heterocycles. The quantitative estimate of drug-likeness (QED) is 0.874. The van der Waals surface area contributed by atoms with Crippen molar-refractivity contribution in [3.63, 3.8) is 0 Å². The first-order valence-corrected chi connectivity index (χ1v) is 6.07. The Morgan fingerprint density at radius 2 is 2.12 bits per heavy atom. The summed E-state index contributed by atoms with van der Waals surface area (Å²) in [5.41, 5.74) is 1.11. The van der Waals surface area contributed by atoms with Crippen molar-refractivity contribution in [3.8, 4) is 11.8 Å². The molecule has 5 nitrogen and oxygen atoms in total. The average Bonchev–Trinajstić information content (AvgIpc) is 2.67. The number of aryl methyl sites for hydroxylation is 1. The fraction of sp³-hybridized carbons (Fsp3) is 0.364. The van der Waals surface area contributed by atoms with Gasteiger partial charge in [0.1, 0.15) is 5.75 Å². The summed E-state index contributed by atoms with van der Waals surface area (Å²) in [6, 6.07) is 6.28. The van der Waals surface area contributed by atoms with E-state index in [1.807, 2.05) is 18.2 Å². The summed E-state index contributed by atoms with van der Waals surface area (Å²) >= 11 is 3.46. The molecule has 0 spiro atoms. The summed E-state index contributed by atoms with van der Waals surface area (Å²) in [6.45, 7) is 4.23. The van der Waals surface area contributed by atoms with E-state index in [0.717, 1.165) is 15.8 Å². The molecule has 0 aliphatic rings. The Labute approximate surface area is 108 Å². The van der Waals surface area contributed by atoms with E-state index >= 15 is 0 Å². The van der Waals surface area contributed by atoms with Crippen LogP contribution in [-0.4, -0.2) is 20.2 Å². The third-order valence-corrected chi connectivity index (χ3v) is 2.87. The predicted octanol–water partition coefficient (Wildman–Crippen LogP) is 2.89. The van der Waals surface area contributed by atoms with E-state index in [-0.39, 0.29) is 0 Å². The Balaban J connectivity index is 2.36. The monoisotopic (exact) mass is 296 g/mol. The van der Waals surface area contributed by atoms with Gasteiger partial charge in [0, 0.05) is 11.5 Å². The summed E-state index contributed by atoms with van der Waals surface area (Å²) in [5.74, 6) is 1.14. The summed E-state index contributed by atoms with van der Waals surface area (Å²) in [6.07, 6.45) is 0. The van der Waals surface area contributed by atoms with Gasteiger partial charge in [-0.2, -0.15) is 4.68 Å². The van der Waals surface area contributed by atoms with Gasteiger partial charge in [0.05, 0.1) is 0 Å². The maximum atomic E-state index is 5.70. The second-order valence-corrected chi connectivity index (χ2v) is 4.94. The van der Waals surface area contributed by atoms with E-state index in [2.05, 4.69) is 45.3 Å². The third kappa shape index (κ3) is 2.63. The highest BCUT2D eigenvalue weighted by Crippen LogP contribution is 2.31. The van der Waals surface area contributed by atoms with Crippen molar-refractivity contribution in [2.45, 2.75) is 19.8 Å². The van der Waals surface area contributed by atoms with Crippen molar-refractivity contribution in [2.24, 2.45) is 7.05 Å². The minimum Gasteiger partial charge on any atom is -0.423 e. The molecule has 2 aromatic rings. The second kappa shape index (κ2) is 4.83. The number of rotatable bonds is 3. The Bertz CT molecular complexity index is 524. The van der Waals surface area contributed by atoms with Gasteiger partial charge in [0.25, 0.3) is 0 Å². The number of hydrogen-bond acceptors (Lipinski definition) is 4. The van der Waals surface area contributed by atoms with Crippen molar-refractivity contribution in [2.75, 3.05) is 0 Å². The van der Waals surface area contributed by atoms with Crippen LogP contribution in [0.4, 0.5) is 0 Å². The zero-order valence-electron chi connectivity index (χ0n) is 9.88. The molecule has 0 bridgehead atoms.